The minimum atomic E-state index is -3.82. The quantitative estimate of drug-likeness (QED) is 0.727. The molecule has 1 rings (SSSR count). The van der Waals surface area contributed by atoms with Crippen LogP contribution in [0.5, 0.6) is 0 Å². The van der Waals surface area contributed by atoms with Crippen LogP contribution in [0.2, 0.25) is 0 Å². The molecule has 1 atom stereocenters. The molecule has 3 N–H and O–H groups in total. The Labute approximate surface area is 110 Å². The Morgan fingerprint density at radius 2 is 2.24 bits per heavy atom. The molecule has 0 aliphatic carbocycles. The van der Waals surface area contributed by atoms with Gasteiger partial charge in [0.25, 0.3) is 10.0 Å². The zero-order valence-electron chi connectivity index (χ0n) is 8.68. The molecule has 0 fully saturated rings. The molecule has 0 aliphatic heterocycles. The first-order chi connectivity index (χ1) is 7.67. The van der Waals surface area contributed by atoms with E-state index in [4.69, 9.17) is 5.11 Å². The number of rotatable bonds is 5. The first-order valence-corrected chi connectivity index (χ1v) is 7.51. The lowest BCUT2D eigenvalue weighted by atomic mass is 10.1. The van der Waals surface area contributed by atoms with E-state index in [1.807, 2.05) is 4.72 Å². The van der Waals surface area contributed by atoms with Gasteiger partial charge in [-0.25, -0.2) is 17.9 Å². The number of nitrogens with one attached hydrogen (secondary N) is 1. The lowest BCUT2D eigenvalue weighted by molar-refractivity contribution is -0.155. The van der Waals surface area contributed by atoms with Gasteiger partial charge in [-0.2, -0.15) is 0 Å². The second-order valence-corrected chi connectivity index (χ2v) is 7.19. The summed E-state index contributed by atoms with van der Waals surface area (Å²) in [5.41, 5.74) is -2.14. The summed E-state index contributed by atoms with van der Waals surface area (Å²) in [4.78, 5) is 10.6. The van der Waals surface area contributed by atoms with E-state index >= 15 is 0 Å². The molecule has 0 amide bonds. The van der Waals surface area contributed by atoms with Crippen molar-refractivity contribution in [3.8, 4) is 0 Å². The molecule has 6 nitrogen and oxygen atoms in total. The molecule has 0 radical (unpaired) electrons. The van der Waals surface area contributed by atoms with Crippen molar-refractivity contribution >= 4 is 43.3 Å². The molecule has 1 aromatic rings. The fourth-order valence-corrected chi connectivity index (χ4v) is 4.36. The van der Waals surface area contributed by atoms with Gasteiger partial charge in [-0.1, -0.05) is 0 Å². The maximum absolute atomic E-state index is 11.7. The summed E-state index contributed by atoms with van der Waals surface area (Å²) in [5.74, 6) is -1.49. The highest BCUT2D eigenvalue weighted by Crippen LogP contribution is 2.27. The monoisotopic (exact) mass is 343 g/mol. The highest BCUT2D eigenvalue weighted by atomic mass is 79.9. The average molecular weight is 344 g/mol. The lowest BCUT2D eigenvalue weighted by Gasteiger charge is -2.17. The maximum atomic E-state index is 11.7. The van der Waals surface area contributed by atoms with E-state index in [1.165, 1.54) is 0 Å². The average Bonchev–Trinajstić information content (AvgIpc) is 2.62. The summed E-state index contributed by atoms with van der Waals surface area (Å²) >= 11 is 4.05. The first-order valence-electron chi connectivity index (χ1n) is 4.35. The number of carboxylic acid groups (broad SMARTS) is 1. The predicted octanol–water partition coefficient (Wildman–Crippen LogP) is 0.625. The van der Waals surface area contributed by atoms with Crippen molar-refractivity contribution in [1.82, 2.24) is 4.72 Å². The van der Waals surface area contributed by atoms with Crippen molar-refractivity contribution in [2.45, 2.75) is 16.7 Å². The van der Waals surface area contributed by atoms with E-state index < -0.39 is 28.1 Å². The van der Waals surface area contributed by atoms with Gasteiger partial charge in [-0.05, 0) is 34.3 Å². The number of carboxylic acids is 1. The van der Waals surface area contributed by atoms with Crippen LogP contribution in [0, 0.1) is 0 Å². The fourth-order valence-electron chi connectivity index (χ4n) is 0.848. The van der Waals surface area contributed by atoms with Crippen molar-refractivity contribution in [2.75, 3.05) is 6.54 Å². The molecule has 96 valence electrons. The van der Waals surface area contributed by atoms with Crippen molar-refractivity contribution in [1.29, 1.82) is 0 Å². The third kappa shape index (κ3) is 3.49. The Hall–Kier alpha value is -0.480. The van der Waals surface area contributed by atoms with Gasteiger partial charge < -0.3 is 10.2 Å². The highest BCUT2D eigenvalue weighted by molar-refractivity contribution is 9.10. The molecule has 0 aromatic carbocycles. The van der Waals surface area contributed by atoms with Crippen LogP contribution in [0.25, 0.3) is 0 Å². The maximum Gasteiger partial charge on any atom is 0.336 e. The molecule has 1 heterocycles. The van der Waals surface area contributed by atoms with Crippen molar-refractivity contribution in [2.24, 2.45) is 0 Å². The molecular weight excluding hydrogens is 334 g/mol. The van der Waals surface area contributed by atoms with Crippen molar-refractivity contribution in [3.63, 3.8) is 0 Å². The molecule has 0 saturated heterocycles. The number of hydrogen-bond acceptors (Lipinski definition) is 5. The van der Waals surface area contributed by atoms with Crippen molar-refractivity contribution in [3.05, 3.63) is 15.9 Å². The number of halogens is 1. The van der Waals surface area contributed by atoms with Crippen LogP contribution in [-0.4, -0.2) is 36.7 Å². The smallest absolute Gasteiger partial charge is 0.336 e. The van der Waals surface area contributed by atoms with Gasteiger partial charge in [0.1, 0.15) is 4.21 Å². The Morgan fingerprint density at radius 1 is 1.65 bits per heavy atom. The van der Waals surface area contributed by atoms with Crippen LogP contribution in [0.3, 0.4) is 0 Å². The first kappa shape index (κ1) is 14.6. The third-order valence-electron chi connectivity index (χ3n) is 1.90. The molecule has 0 bridgehead atoms. The van der Waals surface area contributed by atoms with Crippen LogP contribution in [0.4, 0.5) is 0 Å². The Kier molecular flexibility index (Phi) is 4.31. The molecule has 1 aromatic heterocycles. The Bertz CT molecular complexity index is 522. The Morgan fingerprint density at radius 3 is 2.65 bits per heavy atom. The van der Waals surface area contributed by atoms with E-state index in [0.717, 1.165) is 18.3 Å². The predicted molar refractivity (Wildman–Crippen MR) is 65.5 cm³/mol. The van der Waals surface area contributed by atoms with Crippen LogP contribution in [0.1, 0.15) is 6.92 Å². The summed E-state index contributed by atoms with van der Waals surface area (Å²) in [6, 6.07) is 1.56. The molecule has 17 heavy (non-hydrogen) atoms. The van der Waals surface area contributed by atoms with Gasteiger partial charge in [-0.3, -0.25) is 0 Å². The largest absolute Gasteiger partial charge is 0.479 e. The van der Waals surface area contributed by atoms with Gasteiger partial charge in [0.2, 0.25) is 0 Å². The van der Waals surface area contributed by atoms with Crippen LogP contribution < -0.4 is 4.72 Å². The third-order valence-corrected chi connectivity index (χ3v) is 5.97. The SMILES string of the molecule is CC(O)(CNS(=O)(=O)c1sccc1Br)C(=O)O. The van der Waals surface area contributed by atoms with Crippen LogP contribution in [-0.2, 0) is 14.8 Å². The van der Waals surface area contributed by atoms with Gasteiger partial charge in [0, 0.05) is 4.47 Å². The molecule has 9 heteroatoms. The molecule has 1 unspecified atom stereocenters. The van der Waals surface area contributed by atoms with E-state index in [9.17, 15) is 18.3 Å². The molecule has 0 aliphatic rings. The number of aliphatic hydroxyl groups is 1. The standard InChI is InChI=1S/C8H10BrNO5S2/c1-8(13,7(11)12)4-10-17(14,15)6-5(9)2-3-16-6/h2-3,10,13H,4H2,1H3,(H,11,12). The number of carbonyl (C=O) groups is 1. The van der Waals surface area contributed by atoms with E-state index in [-0.39, 0.29) is 4.21 Å². The molecule has 0 spiro atoms. The summed E-state index contributed by atoms with van der Waals surface area (Å²) in [6.07, 6.45) is 0. The van der Waals surface area contributed by atoms with Gasteiger partial charge in [-0.15, -0.1) is 11.3 Å². The van der Waals surface area contributed by atoms with E-state index in [2.05, 4.69) is 15.9 Å². The lowest BCUT2D eigenvalue weighted by Crippen LogP contribution is -2.46. The minimum Gasteiger partial charge on any atom is -0.479 e. The fraction of sp³-hybridized carbons (Fsp3) is 0.375. The number of thiophene rings is 1. The van der Waals surface area contributed by atoms with Crippen LogP contribution in [0.15, 0.2) is 20.1 Å². The summed E-state index contributed by atoms with van der Waals surface area (Å²) in [7, 11) is -3.82. The highest BCUT2D eigenvalue weighted by Gasteiger charge is 2.32. The zero-order chi connectivity index (χ0) is 13.3. The Balaban J connectivity index is 2.83. The summed E-state index contributed by atoms with van der Waals surface area (Å²) < 4.78 is 26.0. The number of hydrogen-bond donors (Lipinski definition) is 3. The number of aliphatic carboxylic acids is 1. The van der Waals surface area contributed by atoms with Crippen LogP contribution >= 0.6 is 27.3 Å². The second kappa shape index (κ2) is 5.02. The topological polar surface area (TPSA) is 104 Å². The van der Waals surface area contributed by atoms with Gasteiger partial charge >= 0.3 is 5.97 Å². The van der Waals surface area contributed by atoms with Gasteiger partial charge in [0.05, 0.1) is 6.54 Å². The van der Waals surface area contributed by atoms with E-state index in [1.54, 1.807) is 11.4 Å². The summed E-state index contributed by atoms with van der Waals surface area (Å²) in [6.45, 7) is 0.413. The zero-order valence-corrected chi connectivity index (χ0v) is 11.9. The molecule has 0 saturated carbocycles. The summed E-state index contributed by atoms with van der Waals surface area (Å²) in [5, 5.41) is 19.6. The van der Waals surface area contributed by atoms with Crippen molar-refractivity contribution < 1.29 is 23.4 Å². The van der Waals surface area contributed by atoms with E-state index in [0.29, 0.717) is 4.47 Å². The minimum absolute atomic E-state index is 0.0405. The van der Waals surface area contributed by atoms with Gasteiger partial charge in [0.15, 0.2) is 5.60 Å². The second-order valence-electron chi connectivity index (χ2n) is 3.46. The number of sulfonamides is 1. The molecular formula is C8H10BrNO5S2. The normalized spacial score (nSPS) is 15.5.